The van der Waals surface area contributed by atoms with Gasteiger partial charge in [0.05, 0.1) is 11.6 Å². The highest BCUT2D eigenvalue weighted by molar-refractivity contribution is 6.31. The number of halogens is 1. The van der Waals surface area contributed by atoms with Crippen LogP contribution in [0, 0.1) is 11.3 Å². The molecule has 2 nitrogen and oxygen atoms in total. The summed E-state index contributed by atoms with van der Waals surface area (Å²) in [4.78, 5) is 0. The van der Waals surface area contributed by atoms with Crippen molar-refractivity contribution in [2.75, 3.05) is 13.1 Å². The summed E-state index contributed by atoms with van der Waals surface area (Å²) in [7, 11) is 0. The van der Waals surface area contributed by atoms with Crippen LogP contribution in [0.4, 0.5) is 0 Å². The molecule has 90 valence electrons. The molecule has 0 unspecified atom stereocenters. The molecular formula is C14H17ClN2. The Morgan fingerprint density at radius 3 is 2.65 bits per heavy atom. The molecule has 1 N–H and O–H groups in total. The Bertz CT molecular complexity index is 442. The van der Waals surface area contributed by atoms with E-state index in [1.54, 1.807) is 6.07 Å². The molecule has 1 saturated heterocycles. The smallest absolute Gasteiger partial charge is 0.0992 e. The lowest BCUT2D eigenvalue weighted by Gasteiger charge is -2.38. The van der Waals surface area contributed by atoms with Gasteiger partial charge in [-0.1, -0.05) is 24.6 Å². The van der Waals surface area contributed by atoms with Gasteiger partial charge in [0.15, 0.2) is 0 Å². The van der Waals surface area contributed by atoms with E-state index in [4.69, 9.17) is 16.9 Å². The van der Waals surface area contributed by atoms with E-state index in [9.17, 15) is 0 Å². The van der Waals surface area contributed by atoms with Crippen LogP contribution in [0.25, 0.3) is 0 Å². The molecule has 1 fully saturated rings. The predicted molar refractivity (Wildman–Crippen MR) is 70.2 cm³/mol. The molecule has 0 aliphatic carbocycles. The van der Waals surface area contributed by atoms with E-state index in [1.165, 1.54) is 5.56 Å². The molecule has 2 rings (SSSR count). The topological polar surface area (TPSA) is 35.8 Å². The van der Waals surface area contributed by atoms with Crippen molar-refractivity contribution < 1.29 is 0 Å². The van der Waals surface area contributed by atoms with E-state index < -0.39 is 0 Å². The number of nitriles is 1. The van der Waals surface area contributed by atoms with Crippen molar-refractivity contribution in [3.8, 4) is 6.07 Å². The normalized spacial score (nSPS) is 18.6. The van der Waals surface area contributed by atoms with Crippen molar-refractivity contribution in [2.24, 2.45) is 0 Å². The Kier molecular flexibility index (Phi) is 3.71. The van der Waals surface area contributed by atoms with Crippen LogP contribution in [0.2, 0.25) is 5.02 Å². The maximum absolute atomic E-state index is 8.87. The first-order chi connectivity index (χ1) is 8.22. The monoisotopic (exact) mass is 248 g/mol. The van der Waals surface area contributed by atoms with Crippen LogP contribution in [0.1, 0.15) is 37.3 Å². The number of benzene rings is 1. The van der Waals surface area contributed by atoms with Crippen molar-refractivity contribution in [3.63, 3.8) is 0 Å². The first-order valence-corrected chi connectivity index (χ1v) is 6.50. The van der Waals surface area contributed by atoms with E-state index in [2.05, 4.69) is 18.3 Å². The van der Waals surface area contributed by atoms with Crippen molar-refractivity contribution in [3.05, 3.63) is 34.3 Å². The van der Waals surface area contributed by atoms with Crippen LogP contribution >= 0.6 is 11.6 Å². The number of nitrogens with one attached hydrogen (secondary N) is 1. The van der Waals surface area contributed by atoms with E-state index >= 15 is 0 Å². The van der Waals surface area contributed by atoms with Crippen molar-refractivity contribution in [2.45, 2.75) is 31.6 Å². The Labute approximate surface area is 108 Å². The lowest BCUT2D eigenvalue weighted by molar-refractivity contribution is 0.298. The summed E-state index contributed by atoms with van der Waals surface area (Å²) < 4.78 is 0. The lowest BCUT2D eigenvalue weighted by atomic mass is 9.71. The Hall–Kier alpha value is -1.04. The molecule has 3 heteroatoms. The first kappa shape index (κ1) is 12.4. The second-order valence-corrected chi connectivity index (χ2v) is 5.10. The molecule has 0 bridgehead atoms. The van der Waals surface area contributed by atoms with Gasteiger partial charge in [0.1, 0.15) is 0 Å². The van der Waals surface area contributed by atoms with E-state index in [-0.39, 0.29) is 5.41 Å². The molecule has 0 radical (unpaired) electrons. The zero-order valence-electron chi connectivity index (χ0n) is 10.1. The number of rotatable bonds is 2. The molecular weight excluding hydrogens is 232 g/mol. The quantitative estimate of drug-likeness (QED) is 0.872. The number of nitrogens with zero attached hydrogens (tertiary/aromatic N) is 1. The van der Waals surface area contributed by atoms with Gasteiger partial charge in [-0.15, -0.1) is 0 Å². The fourth-order valence-electron chi connectivity index (χ4n) is 2.73. The summed E-state index contributed by atoms with van der Waals surface area (Å²) in [6.07, 6.45) is 3.34. The van der Waals surface area contributed by atoms with Gasteiger partial charge >= 0.3 is 0 Å². The molecule has 17 heavy (non-hydrogen) atoms. The zero-order valence-corrected chi connectivity index (χ0v) is 10.8. The molecule has 1 aliphatic rings. The fraction of sp³-hybridized carbons (Fsp3) is 0.500. The van der Waals surface area contributed by atoms with Crippen LogP contribution in [0.3, 0.4) is 0 Å². The van der Waals surface area contributed by atoms with Crippen LogP contribution in [-0.2, 0) is 5.41 Å². The summed E-state index contributed by atoms with van der Waals surface area (Å²) in [6.45, 7) is 4.31. The minimum Gasteiger partial charge on any atom is -0.317 e. The first-order valence-electron chi connectivity index (χ1n) is 6.13. The molecule has 0 amide bonds. The highest BCUT2D eigenvalue weighted by Gasteiger charge is 2.33. The molecule has 1 aliphatic heterocycles. The van der Waals surface area contributed by atoms with Crippen LogP contribution in [0.5, 0.6) is 0 Å². The second-order valence-electron chi connectivity index (χ2n) is 4.69. The second kappa shape index (κ2) is 5.08. The summed E-state index contributed by atoms with van der Waals surface area (Å²) in [5, 5.41) is 13.0. The standard InChI is InChI=1S/C14H17ClN2/c1-2-14(5-7-17-8-6-14)12-4-3-11(10-16)9-13(12)15/h3-4,9,17H,2,5-8H2,1H3. The van der Waals surface area contributed by atoms with Crippen molar-refractivity contribution in [1.29, 1.82) is 5.26 Å². The Morgan fingerprint density at radius 1 is 1.41 bits per heavy atom. The lowest BCUT2D eigenvalue weighted by Crippen LogP contribution is -2.39. The SMILES string of the molecule is CCC1(c2ccc(C#N)cc2Cl)CCNCC1. The van der Waals surface area contributed by atoms with Gasteiger partial charge in [-0.25, -0.2) is 0 Å². The minimum absolute atomic E-state index is 0.191. The van der Waals surface area contributed by atoms with Gasteiger partial charge in [0, 0.05) is 5.02 Å². The number of piperidine rings is 1. The average molecular weight is 249 g/mol. The summed E-state index contributed by atoms with van der Waals surface area (Å²) in [5.41, 5.74) is 2.04. The van der Waals surface area contributed by atoms with Gasteiger partial charge in [0.2, 0.25) is 0 Å². The van der Waals surface area contributed by atoms with Gasteiger partial charge in [0.25, 0.3) is 0 Å². The maximum atomic E-state index is 8.87. The summed E-state index contributed by atoms with van der Waals surface area (Å²) in [6, 6.07) is 7.83. The molecule has 0 aromatic heterocycles. The third-order valence-corrected chi connectivity index (χ3v) is 4.22. The Morgan fingerprint density at radius 2 is 2.12 bits per heavy atom. The van der Waals surface area contributed by atoms with Gasteiger partial charge in [-0.05, 0) is 55.5 Å². The van der Waals surface area contributed by atoms with Gasteiger partial charge in [-0.3, -0.25) is 0 Å². The largest absolute Gasteiger partial charge is 0.317 e. The van der Waals surface area contributed by atoms with E-state index in [0.717, 1.165) is 37.4 Å². The summed E-state index contributed by atoms with van der Waals surface area (Å²) in [5.74, 6) is 0. The summed E-state index contributed by atoms with van der Waals surface area (Å²) >= 11 is 6.34. The highest BCUT2D eigenvalue weighted by Crippen LogP contribution is 2.40. The Balaban J connectivity index is 2.40. The molecule has 1 aromatic rings. The van der Waals surface area contributed by atoms with Crippen LogP contribution in [-0.4, -0.2) is 13.1 Å². The van der Waals surface area contributed by atoms with Crippen LogP contribution in [0.15, 0.2) is 18.2 Å². The van der Waals surface area contributed by atoms with E-state index in [0.29, 0.717) is 5.56 Å². The van der Waals surface area contributed by atoms with E-state index in [1.807, 2.05) is 12.1 Å². The third kappa shape index (κ3) is 2.31. The molecule has 0 spiro atoms. The third-order valence-electron chi connectivity index (χ3n) is 3.91. The van der Waals surface area contributed by atoms with Gasteiger partial charge in [-0.2, -0.15) is 5.26 Å². The molecule has 0 atom stereocenters. The highest BCUT2D eigenvalue weighted by atomic mass is 35.5. The predicted octanol–water partition coefficient (Wildman–Crippen LogP) is 3.24. The van der Waals surface area contributed by atoms with Crippen molar-refractivity contribution in [1.82, 2.24) is 5.32 Å². The zero-order chi connectivity index (χ0) is 12.3. The molecule has 0 saturated carbocycles. The minimum atomic E-state index is 0.191. The fourth-order valence-corrected chi connectivity index (χ4v) is 3.11. The molecule has 1 aromatic carbocycles. The van der Waals surface area contributed by atoms with Crippen LogP contribution < -0.4 is 5.32 Å². The van der Waals surface area contributed by atoms with Crippen molar-refractivity contribution >= 4 is 11.6 Å². The number of hydrogen-bond donors (Lipinski definition) is 1. The molecule has 1 heterocycles. The maximum Gasteiger partial charge on any atom is 0.0992 e. The average Bonchev–Trinajstić information content (AvgIpc) is 2.39. The van der Waals surface area contributed by atoms with Gasteiger partial charge < -0.3 is 5.32 Å². The number of hydrogen-bond acceptors (Lipinski definition) is 2.